The van der Waals surface area contributed by atoms with E-state index in [0.717, 1.165) is 16.5 Å². The molecule has 122 valence electrons. The highest BCUT2D eigenvalue weighted by Gasteiger charge is 2.19. The van der Waals surface area contributed by atoms with Crippen LogP contribution in [0.5, 0.6) is 0 Å². The molecule has 7 heteroatoms. The SMILES string of the molecule is Cl.Cn1cc(CC(N)C(=O)OCC(O)CO)c2ccccc21. The van der Waals surface area contributed by atoms with E-state index in [1.165, 1.54) is 0 Å². The van der Waals surface area contributed by atoms with Crippen LogP contribution in [0, 0.1) is 0 Å². The maximum Gasteiger partial charge on any atom is 0.323 e. The molecule has 0 fully saturated rings. The molecule has 6 nitrogen and oxygen atoms in total. The van der Waals surface area contributed by atoms with Crippen LogP contribution in [0.15, 0.2) is 30.5 Å². The normalized spacial score (nSPS) is 13.5. The maximum absolute atomic E-state index is 11.8. The smallest absolute Gasteiger partial charge is 0.323 e. The van der Waals surface area contributed by atoms with Gasteiger partial charge in [-0.2, -0.15) is 0 Å². The summed E-state index contributed by atoms with van der Waals surface area (Å²) in [5.74, 6) is -0.588. The fourth-order valence-corrected chi connectivity index (χ4v) is 2.25. The quantitative estimate of drug-likeness (QED) is 0.665. The van der Waals surface area contributed by atoms with Crippen molar-refractivity contribution in [2.45, 2.75) is 18.6 Å². The first-order chi connectivity index (χ1) is 10.0. The number of hydrogen-bond acceptors (Lipinski definition) is 5. The van der Waals surface area contributed by atoms with Gasteiger partial charge in [-0.1, -0.05) is 18.2 Å². The lowest BCUT2D eigenvalue weighted by atomic mass is 10.1. The number of nitrogens with zero attached hydrogens (tertiary/aromatic N) is 1. The third-order valence-electron chi connectivity index (χ3n) is 3.35. The molecule has 1 heterocycles. The molecule has 0 bridgehead atoms. The molecule has 0 aliphatic rings. The molecule has 0 amide bonds. The molecule has 1 aromatic carbocycles. The zero-order valence-corrected chi connectivity index (χ0v) is 13.1. The van der Waals surface area contributed by atoms with Gasteiger partial charge < -0.3 is 25.3 Å². The molecule has 2 unspecified atom stereocenters. The summed E-state index contributed by atoms with van der Waals surface area (Å²) in [4.78, 5) is 11.8. The van der Waals surface area contributed by atoms with Crippen LogP contribution in [0.4, 0.5) is 0 Å². The first-order valence-electron chi connectivity index (χ1n) is 6.77. The highest BCUT2D eigenvalue weighted by Crippen LogP contribution is 2.21. The number of aliphatic hydroxyl groups excluding tert-OH is 2. The number of ether oxygens (including phenoxy) is 1. The summed E-state index contributed by atoms with van der Waals surface area (Å²) in [6.45, 7) is -0.704. The number of nitrogens with two attached hydrogens (primary N) is 1. The largest absolute Gasteiger partial charge is 0.462 e. The van der Waals surface area contributed by atoms with Gasteiger partial charge in [0.05, 0.1) is 6.61 Å². The van der Waals surface area contributed by atoms with Crippen LogP contribution in [0.25, 0.3) is 10.9 Å². The third kappa shape index (κ3) is 4.20. The fourth-order valence-electron chi connectivity index (χ4n) is 2.25. The van der Waals surface area contributed by atoms with E-state index >= 15 is 0 Å². The molecule has 0 aliphatic heterocycles. The molecular formula is C15H21ClN2O4. The standard InChI is InChI=1S/C15H20N2O4.ClH/c1-17-7-10(12-4-2-3-5-14(12)17)6-13(16)15(20)21-9-11(19)8-18;/h2-5,7,11,13,18-19H,6,8-9,16H2,1H3;1H. The minimum absolute atomic E-state index is 0. The summed E-state index contributed by atoms with van der Waals surface area (Å²) in [6.07, 6.45) is 1.23. The molecular weight excluding hydrogens is 308 g/mol. The number of aromatic nitrogens is 1. The predicted octanol–water partition coefficient (Wildman–Crippen LogP) is 0.366. The van der Waals surface area contributed by atoms with Gasteiger partial charge in [-0.05, 0) is 11.6 Å². The minimum atomic E-state index is -1.07. The Balaban J connectivity index is 0.00000242. The number of halogens is 1. The summed E-state index contributed by atoms with van der Waals surface area (Å²) in [5.41, 5.74) is 7.89. The molecule has 0 saturated carbocycles. The van der Waals surface area contributed by atoms with E-state index in [1.807, 2.05) is 42.1 Å². The van der Waals surface area contributed by atoms with Crippen molar-refractivity contribution in [2.24, 2.45) is 12.8 Å². The Morgan fingerprint density at radius 1 is 1.41 bits per heavy atom. The van der Waals surface area contributed by atoms with Gasteiger partial charge >= 0.3 is 5.97 Å². The Labute approximate surface area is 134 Å². The van der Waals surface area contributed by atoms with Crippen molar-refractivity contribution in [3.63, 3.8) is 0 Å². The topological polar surface area (TPSA) is 97.7 Å². The molecule has 22 heavy (non-hydrogen) atoms. The van der Waals surface area contributed by atoms with Crippen molar-refractivity contribution in [1.29, 1.82) is 0 Å². The number of aliphatic hydroxyl groups is 2. The molecule has 0 radical (unpaired) electrons. The Morgan fingerprint density at radius 2 is 2.09 bits per heavy atom. The molecule has 2 atom stereocenters. The lowest BCUT2D eigenvalue weighted by molar-refractivity contribution is -0.148. The van der Waals surface area contributed by atoms with E-state index < -0.39 is 24.7 Å². The van der Waals surface area contributed by atoms with Gasteiger partial charge in [0.2, 0.25) is 0 Å². The minimum Gasteiger partial charge on any atom is -0.462 e. The molecule has 2 rings (SSSR count). The molecule has 0 saturated heterocycles. The van der Waals surface area contributed by atoms with Gasteiger partial charge in [-0.25, -0.2) is 0 Å². The second-order valence-electron chi connectivity index (χ2n) is 5.06. The lowest BCUT2D eigenvalue weighted by Crippen LogP contribution is -2.36. The summed E-state index contributed by atoms with van der Waals surface area (Å²) < 4.78 is 6.85. The van der Waals surface area contributed by atoms with Crippen LogP contribution in [0.2, 0.25) is 0 Å². The predicted molar refractivity (Wildman–Crippen MR) is 85.9 cm³/mol. The number of para-hydroxylation sites is 1. The molecule has 0 spiro atoms. The van der Waals surface area contributed by atoms with Crippen LogP contribution < -0.4 is 5.73 Å². The van der Waals surface area contributed by atoms with Gasteiger partial charge in [0.1, 0.15) is 18.8 Å². The van der Waals surface area contributed by atoms with E-state index in [4.69, 9.17) is 20.7 Å². The monoisotopic (exact) mass is 328 g/mol. The number of carbonyl (C=O) groups is 1. The number of carbonyl (C=O) groups excluding carboxylic acids is 1. The average molecular weight is 329 g/mol. The van der Waals surface area contributed by atoms with Gasteiger partial charge in [0.25, 0.3) is 0 Å². The maximum atomic E-state index is 11.8. The van der Waals surface area contributed by atoms with Crippen LogP contribution in [0.3, 0.4) is 0 Å². The molecule has 1 aromatic heterocycles. The third-order valence-corrected chi connectivity index (χ3v) is 3.35. The molecule has 0 aliphatic carbocycles. The number of benzene rings is 1. The van der Waals surface area contributed by atoms with Crippen LogP contribution in [-0.2, 0) is 23.0 Å². The second kappa shape index (κ2) is 8.14. The van der Waals surface area contributed by atoms with Crippen molar-refractivity contribution in [1.82, 2.24) is 4.57 Å². The number of aryl methyl sites for hydroxylation is 1. The number of fused-ring (bicyclic) bond motifs is 1. The lowest BCUT2D eigenvalue weighted by Gasteiger charge is -2.13. The van der Waals surface area contributed by atoms with Crippen molar-refractivity contribution in [2.75, 3.05) is 13.2 Å². The van der Waals surface area contributed by atoms with Crippen LogP contribution in [0.1, 0.15) is 5.56 Å². The van der Waals surface area contributed by atoms with Gasteiger partial charge in [-0.3, -0.25) is 4.79 Å². The zero-order chi connectivity index (χ0) is 15.4. The number of esters is 1. The summed E-state index contributed by atoms with van der Waals surface area (Å²) >= 11 is 0. The fraction of sp³-hybridized carbons (Fsp3) is 0.400. The van der Waals surface area contributed by atoms with E-state index in [2.05, 4.69) is 0 Å². The summed E-state index contributed by atoms with van der Waals surface area (Å²) in [6, 6.07) is 7.07. The Kier molecular flexibility index (Phi) is 6.83. The van der Waals surface area contributed by atoms with Gasteiger partial charge in [-0.15, -0.1) is 12.4 Å². The van der Waals surface area contributed by atoms with Crippen LogP contribution in [-0.4, -0.2) is 46.1 Å². The van der Waals surface area contributed by atoms with Gasteiger partial charge in [0, 0.05) is 30.6 Å². The Bertz CT molecular complexity index is 629. The number of rotatable bonds is 6. The zero-order valence-electron chi connectivity index (χ0n) is 12.3. The van der Waals surface area contributed by atoms with Crippen molar-refractivity contribution >= 4 is 29.3 Å². The van der Waals surface area contributed by atoms with E-state index in [1.54, 1.807) is 0 Å². The van der Waals surface area contributed by atoms with E-state index in [0.29, 0.717) is 6.42 Å². The van der Waals surface area contributed by atoms with E-state index in [-0.39, 0.29) is 19.0 Å². The first kappa shape index (κ1) is 18.4. The number of hydrogen-bond donors (Lipinski definition) is 3. The highest BCUT2D eigenvalue weighted by molar-refractivity contribution is 5.85. The van der Waals surface area contributed by atoms with Crippen LogP contribution >= 0.6 is 12.4 Å². The Hall–Kier alpha value is -1.60. The molecule has 4 N–H and O–H groups in total. The Morgan fingerprint density at radius 3 is 2.77 bits per heavy atom. The second-order valence-corrected chi connectivity index (χ2v) is 5.06. The van der Waals surface area contributed by atoms with Gasteiger partial charge in [0.15, 0.2) is 0 Å². The highest BCUT2D eigenvalue weighted by atomic mass is 35.5. The molecule has 2 aromatic rings. The summed E-state index contributed by atoms with van der Waals surface area (Å²) in [7, 11) is 1.94. The first-order valence-corrected chi connectivity index (χ1v) is 6.77. The average Bonchev–Trinajstić information content (AvgIpc) is 2.81. The summed E-state index contributed by atoms with van der Waals surface area (Å²) in [5, 5.41) is 18.9. The van der Waals surface area contributed by atoms with Crippen molar-refractivity contribution in [3.8, 4) is 0 Å². The van der Waals surface area contributed by atoms with Crippen molar-refractivity contribution < 1.29 is 19.7 Å². The van der Waals surface area contributed by atoms with Crippen molar-refractivity contribution in [3.05, 3.63) is 36.0 Å². The van der Waals surface area contributed by atoms with E-state index in [9.17, 15) is 4.79 Å².